The van der Waals surface area contributed by atoms with E-state index in [2.05, 4.69) is 11.8 Å². The van der Waals surface area contributed by atoms with Crippen LogP contribution in [-0.4, -0.2) is 10.2 Å². The van der Waals surface area contributed by atoms with Gasteiger partial charge in [0.15, 0.2) is 0 Å². The normalized spacial score (nSPS) is 9.25. The van der Waals surface area contributed by atoms with Crippen molar-refractivity contribution in [2.75, 3.05) is 0 Å². The Hall–Kier alpha value is -2.40. The number of phenols is 2. The second kappa shape index (κ2) is 4.41. The van der Waals surface area contributed by atoms with E-state index in [1.54, 1.807) is 48.5 Å². The molecule has 0 heterocycles. The maximum Gasteiger partial charge on any atom is 0.131 e. The molecule has 0 bridgehead atoms. The van der Waals surface area contributed by atoms with Crippen LogP contribution in [0.2, 0.25) is 0 Å². The van der Waals surface area contributed by atoms with E-state index in [0.717, 1.165) is 0 Å². The van der Waals surface area contributed by atoms with Gasteiger partial charge in [0, 0.05) is 0 Å². The highest BCUT2D eigenvalue weighted by molar-refractivity contribution is 5.52. The highest BCUT2D eigenvalue weighted by atomic mass is 16.3. The van der Waals surface area contributed by atoms with E-state index in [-0.39, 0.29) is 11.5 Å². The molecule has 0 atom stereocenters. The predicted molar refractivity (Wildman–Crippen MR) is 62.2 cm³/mol. The second-order valence-corrected chi connectivity index (χ2v) is 3.28. The maximum atomic E-state index is 9.49. The van der Waals surface area contributed by atoms with E-state index < -0.39 is 0 Å². The van der Waals surface area contributed by atoms with E-state index >= 15 is 0 Å². The molecule has 2 nitrogen and oxygen atoms in total. The third-order valence-electron chi connectivity index (χ3n) is 2.14. The molecular weight excluding hydrogens is 200 g/mol. The van der Waals surface area contributed by atoms with Crippen LogP contribution in [-0.2, 0) is 0 Å². The Morgan fingerprint density at radius 3 is 1.38 bits per heavy atom. The van der Waals surface area contributed by atoms with Crippen LogP contribution in [0.25, 0.3) is 0 Å². The van der Waals surface area contributed by atoms with Crippen LogP contribution in [0.15, 0.2) is 48.5 Å². The summed E-state index contributed by atoms with van der Waals surface area (Å²) < 4.78 is 0. The van der Waals surface area contributed by atoms with Gasteiger partial charge in [-0.15, -0.1) is 0 Å². The van der Waals surface area contributed by atoms with Gasteiger partial charge in [-0.05, 0) is 24.3 Å². The van der Waals surface area contributed by atoms with Gasteiger partial charge in [0.2, 0.25) is 0 Å². The minimum absolute atomic E-state index is 0.144. The summed E-state index contributed by atoms with van der Waals surface area (Å²) in [6.45, 7) is 0. The Kier molecular flexibility index (Phi) is 2.79. The molecule has 0 unspecified atom stereocenters. The highest BCUT2D eigenvalue weighted by Gasteiger charge is 1.96. The summed E-state index contributed by atoms with van der Waals surface area (Å²) in [5, 5.41) is 19.0. The van der Waals surface area contributed by atoms with Crippen molar-refractivity contribution in [1.82, 2.24) is 0 Å². The molecule has 16 heavy (non-hydrogen) atoms. The van der Waals surface area contributed by atoms with E-state index in [0.29, 0.717) is 11.1 Å². The van der Waals surface area contributed by atoms with Crippen LogP contribution >= 0.6 is 0 Å². The maximum absolute atomic E-state index is 9.49. The first kappa shape index (κ1) is 10.1. The summed E-state index contributed by atoms with van der Waals surface area (Å²) >= 11 is 0. The van der Waals surface area contributed by atoms with Gasteiger partial charge in [-0.25, -0.2) is 0 Å². The van der Waals surface area contributed by atoms with Crippen LogP contribution in [0.5, 0.6) is 11.5 Å². The second-order valence-electron chi connectivity index (χ2n) is 3.28. The van der Waals surface area contributed by atoms with Crippen molar-refractivity contribution in [3.05, 3.63) is 59.7 Å². The van der Waals surface area contributed by atoms with Crippen LogP contribution in [0.3, 0.4) is 0 Å². The lowest BCUT2D eigenvalue weighted by atomic mass is 10.1. The largest absolute Gasteiger partial charge is 0.507 e. The molecule has 0 aliphatic rings. The summed E-state index contributed by atoms with van der Waals surface area (Å²) in [7, 11) is 0. The number of hydrogen-bond donors (Lipinski definition) is 2. The van der Waals surface area contributed by atoms with E-state index in [4.69, 9.17) is 0 Å². The topological polar surface area (TPSA) is 40.5 Å². The minimum Gasteiger partial charge on any atom is -0.507 e. The first-order valence-corrected chi connectivity index (χ1v) is 4.85. The third kappa shape index (κ3) is 2.15. The quantitative estimate of drug-likeness (QED) is 0.656. The Balaban J connectivity index is 2.36. The fourth-order valence-electron chi connectivity index (χ4n) is 1.29. The smallest absolute Gasteiger partial charge is 0.131 e. The number of benzene rings is 2. The first-order chi connectivity index (χ1) is 7.77. The van der Waals surface area contributed by atoms with Gasteiger partial charge in [-0.1, -0.05) is 36.1 Å². The summed E-state index contributed by atoms with van der Waals surface area (Å²) in [5.41, 5.74) is 1.09. The standard InChI is InChI=1S/C14H10O2/c15-13-7-3-1-5-11(13)9-10-12-6-2-4-8-14(12)16/h1-8,15-16H. The van der Waals surface area contributed by atoms with Gasteiger partial charge >= 0.3 is 0 Å². The lowest BCUT2D eigenvalue weighted by molar-refractivity contribution is 0.472. The van der Waals surface area contributed by atoms with Gasteiger partial charge in [-0.2, -0.15) is 0 Å². The van der Waals surface area contributed by atoms with Crippen molar-refractivity contribution in [3.8, 4) is 23.3 Å². The van der Waals surface area contributed by atoms with Crippen molar-refractivity contribution in [2.45, 2.75) is 0 Å². The molecule has 0 aromatic heterocycles. The summed E-state index contributed by atoms with van der Waals surface area (Å²) in [5.74, 6) is 5.91. The highest BCUT2D eigenvalue weighted by Crippen LogP contribution is 2.16. The van der Waals surface area contributed by atoms with Gasteiger partial charge in [-0.3, -0.25) is 0 Å². The average Bonchev–Trinajstić information content (AvgIpc) is 2.30. The zero-order valence-corrected chi connectivity index (χ0v) is 8.51. The Morgan fingerprint density at radius 2 is 1.00 bits per heavy atom. The predicted octanol–water partition coefficient (Wildman–Crippen LogP) is 2.50. The number of hydrogen-bond acceptors (Lipinski definition) is 2. The van der Waals surface area contributed by atoms with Crippen LogP contribution in [0.1, 0.15) is 11.1 Å². The third-order valence-corrected chi connectivity index (χ3v) is 2.14. The molecule has 0 aliphatic carbocycles. The molecule has 0 aliphatic heterocycles. The van der Waals surface area contributed by atoms with Crippen molar-refractivity contribution in [1.29, 1.82) is 0 Å². The molecule has 0 saturated carbocycles. The van der Waals surface area contributed by atoms with E-state index in [9.17, 15) is 10.2 Å². The SMILES string of the molecule is Oc1ccccc1C#Cc1ccccc1O. The molecule has 2 heteroatoms. The summed E-state index contributed by atoms with van der Waals surface area (Å²) in [4.78, 5) is 0. The fraction of sp³-hybridized carbons (Fsp3) is 0. The van der Waals surface area contributed by atoms with Gasteiger partial charge < -0.3 is 10.2 Å². The van der Waals surface area contributed by atoms with E-state index in [1.165, 1.54) is 0 Å². The molecule has 78 valence electrons. The monoisotopic (exact) mass is 210 g/mol. The molecule has 0 fully saturated rings. The Morgan fingerprint density at radius 1 is 0.625 bits per heavy atom. The lowest BCUT2D eigenvalue weighted by Gasteiger charge is -1.95. The van der Waals surface area contributed by atoms with E-state index in [1.807, 2.05) is 0 Å². The molecule has 2 aromatic rings. The van der Waals surface area contributed by atoms with Gasteiger partial charge in [0.25, 0.3) is 0 Å². The van der Waals surface area contributed by atoms with Crippen LogP contribution < -0.4 is 0 Å². The molecule has 2 aromatic carbocycles. The molecule has 2 N–H and O–H groups in total. The molecule has 0 saturated heterocycles. The van der Waals surface area contributed by atoms with Gasteiger partial charge in [0.1, 0.15) is 11.5 Å². The Bertz CT molecular complexity index is 513. The lowest BCUT2D eigenvalue weighted by Crippen LogP contribution is -1.77. The van der Waals surface area contributed by atoms with Crippen LogP contribution in [0.4, 0.5) is 0 Å². The number of para-hydroxylation sites is 2. The molecule has 0 spiro atoms. The Labute approximate surface area is 93.8 Å². The average molecular weight is 210 g/mol. The zero-order chi connectivity index (χ0) is 11.4. The molecule has 0 radical (unpaired) electrons. The summed E-state index contributed by atoms with van der Waals surface area (Å²) in [6, 6.07) is 13.7. The van der Waals surface area contributed by atoms with Crippen molar-refractivity contribution >= 4 is 0 Å². The minimum atomic E-state index is 0.144. The van der Waals surface area contributed by atoms with Crippen molar-refractivity contribution < 1.29 is 10.2 Å². The molecule has 0 amide bonds. The summed E-state index contributed by atoms with van der Waals surface area (Å²) in [6.07, 6.45) is 0. The molecular formula is C14H10O2. The van der Waals surface area contributed by atoms with Crippen molar-refractivity contribution in [3.63, 3.8) is 0 Å². The zero-order valence-electron chi connectivity index (χ0n) is 8.51. The van der Waals surface area contributed by atoms with Gasteiger partial charge in [0.05, 0.1) is 11.1 Å². The number of aromatic hydroxyl groups is 2. The number of phenolic OH excluding ortho intramolecular Hbond substituents is 2. The molecule has 2 rings (SSSR count). The fourth-order valence-corrected chi connectivity index (χ4v) is 1.29. The number of rotatable bonds is 0. The van der Waals surface area contributed by atoms with Crippen LogP contribution in [0, 0.1) is 11.8 Å². The van der Waals surface area contributed by atoms with Crippen molar-refractivity contribution in [2.24, 2.45) is 0 Å². The first-order valence-electron chi connectivity index (χ1n) is 4.85.